The van der Waals surface area contributed by atoms with Gasteiger partial charge in [0.15, 0.2) is 15.6 Å². The van der Waals surface area contributed by atoms with Crippen LogP contribution in [-0.2, 0) is 16.0 Å². The largest absolute Gasteiger partial charge is 0.417 e. The lowest BCUT2D eigenvalue weighted by atomic mass is 9.93. The Balaban J connectivity index is 2.46. The summed E-state index contributed by atoms with van der Waals surface area (Å²) in [4.78, 5) is 12.6. The summed E-state index contributed by atoms with van der Waals surface area (Å²) < 4.78 is 158. The van der Waals surface area contributed by atoms with Crippen molar-refractivity contribution >= 4 is 56.3 Å². The molecular formula is C24H17Cl3F10O3S. The first-order valence-corrected chi connectivity index (χ1v) is 14.0. The van der Waals surface area contributed by atoms with Gasteiger partial charge in [-0.15, -0.1) is 0 Å². The standard InChI is InChI=1S/C24H17Cl3F10O3S/c1-11(9-41(39,40)10-22(29,30)31)4-20(38)14-3-2-12(5-16(14)24(35,36)37)19(28)8-15(23(32,33)34)13-6-17(25)21(27)18(26)7-13/h2-3,5-8,11,15H,4,9-10H2,1H3/b19-8-/t11-,15+/m0/s1. The molecule has 2 rings (SSSR count). The minimum atomic E-state index is -5.33. The number of halogens is 13. The lowest BCUT2D eigenvalue weighted by molar-refractivity contribution is -0.140. The monoisotopic (exact) mass is 680 g/mol. The Morgan fingerprint density at radius 1 is 0.927 bits per heavy atom. The van der Waals surface area contributed by atoms with Crippen LogP contribution in [-0.4, -0.2) is 38.1 Å². The fraction of sp³-hybridized carbons (Fsp3) is 0.375. The smallest absolute Gasteiger partial charge is 0.294 e. The molecule has 0 bridgehead atoms. The molecule has 0 aliphatic rings. The van der Waals surface area contributed by atoms with Crippen molar-refractivity contribution in [2.24, 2.45) is 5.92 Å². The van der Waals surface area contributed by atoms with Crippen LogP contribution in [0.15, 0.2) is 36.4 Å². The van der Waals surface area contributed by atoms with Gasteiger partial charge in [-0.2, -0.15) is 39.5 Å². The maximum absolute atomic E-state index is 15.0. The summed E-state index contributed by atoms with van der Waals surface area (Å²) in [5.41, 5.74) is -4.51. The van der Waals surface area contributed by atoms with Crippen LogP contribution < -0.4 is 0 Å². The molecule has 3 nitrogen and oxygen atoms in total. The van der Waals surface area contributed by atoms with Gasteiger partial charge < -0.3 is 0 Å². The molecule has 17 heteroatoms. The minimum absolute atomic E-state index is 0.0273. The first-order chi connectivity index (χ1) is 18.4. The topological polar surface area (TPSA) is 51.2 Å². The second-order valence-electron chi connectivity index (χ2n) is 8.99. The molecule has 0 fully saturated rings. The van der Waals surface area contributed by atoms with Gasteiger partial charge in [0.05, 0.1) is 26.4 Å². The van der Waals surface area contributed by atoms with E-state index in [0.717, 1.165) is 19.1 Å². The maximum atomic E-state index is 15.0. The number of carbonyl (C=O) groups excluding carboxylic acids is 1. The van der Waals surface area contributed by atoms with Gasteiger partial charge >= 0.3 is 18.5 Å². The summed E-state index contributed by atoms with van der Waals surface area (Å²) in [6, 6.07) is 2.64. The highest BCUT2D eigenvalue weighted by molar-refractivity contribution is 7.91. The number of hydrogen-bond donors (Lipinski definition) is 0. The van der Waals surface area contributed by atoms with Crippen LogP contribution in [0.5, 0.6) is 0 Å². The van der Waals surface area contributed by atoms with Crippen molar-refractivity contribution in [3.05, 3.63) is 73.7 Å². The molecule has 41 heavy (non-hydrogen) atoms. The highest BCUT2D eigenvalue weighted by Gasteiger charge is 2.41. The van der Waals surface area contributed by atoms with Crippen molar-refractivity contribution in [3.63, 3.8) is 0 Å². The van der Waals surface area contributed by atoms with Crippen molar-refractivity contribution in [1.29, 1.82) is 0 Å². The quantitative estimate of drug-likeness (QED) is 0.151. The highest BCUT2D eigenvalue weighted by atomic mass is 35.5. The average Bonchev–Trinajstić information content (AvgIpc) is 2.76. The minimum Gasteiger partial charge on any atom is -0.294 e. The van der Waals surface area contributed by atoms with E-state index in [2.05, 4.69) is 0 Å². The third-order valence-corrected chi connectivity index (χ3v) is 8.43. The third-order valence-electron chi connectivity index (χ3n) is 5.39. The van der Waals surface area contributed by atoms with Crippen LogP contribution in [0.3, 0.4) is 0 Å². The molecular weight excluding hydrogens is 665 g/mol. The third kappa shape index (κ3) is 10.0. The first kappa shape index (κ1) is 35.2. The Kier molecular flexibility index (Phi) is 10.9. The Morgan fingerprint density at radius 3 is 1.93 bits per heavy atom. The van der Waals surface area contributed by atoms with Crippen LogP contribution in [0.25, 0.3) is 5.83 Å². The van der Waals surface area contributed by atoms with E-state index < -0.39 is 102 Å². The molecule has 0 saturated carbocycles. The summed E-state index contributed by atoms with van der Waals surface area (Å²) in [6.45, 7) is 1.03. The Labute approximate surface area is 242 Å². The zero-order valence-electron chi connectivity index (χ0n) is 20.3. The number of alkyl halides is 9. The van der Waals surface area contributed by atoms with Gasteiger partial charge in [-0.25, -0.2) is 12.8 Å². The molecule has 0 saturated heterocycles. The highest BCUT2D eigenvalue weighted by Crippen LogP contribution is 2.43. The van der Waals surface area contributed by atoms with Crippen LogP contribution in [0.4, 0.5) is 43.9 Å². The molecule has 2 aromatic carbocycles. The van der Waals surface area contributed by atoms with E-state index in [9.17, 15) is 57.1 Å². The van der Waals surface area contributed by atoms with Crippen LogP contribution >= 0.6 is 34.8 Å². The van der Waals surface area contributed by atoms with Gasteiger partial charge in [-0.1, -0.05) is 53.9 Å². The normalized spacial score (nSPS) is 15.1. The maximum Gasteiger partial charge on any atom is 0.417 e. The summed E-state index contributed by atoms with van der Waals surface area (Å²) in [6.07, 6.45) is -16.5. The van der Waals surface area contributed by atoms with Gasteiger partial charge in [0, 0.05) is 17.5 Å². The molecule has 228 valence electrons. The van der Waals surface area contributed by atoms with Crippen molar-refractivity contribution < 1.29 is 57.1 Å². The van der Waals surface area contributed by atoms with Gasteiger partial charge in [-0.3, -0.25) is 4.79 Å². The summed E-state index contributed by atoms with van der Waals surface area (Å²) in [5, 5.41) is -1.09. The van der Waals surface area contributed by atoms with Crippen LogP contribution in [0.2, 0.25) is 15.1 Å². The molecule has 0 radical (unpaired) electrons. The van der Waals surface area contributed by atoms with Gasteiger partial charge in [0.1, 0.15) is 17.5 Å². The molecule has 0 heterocycles. The summed E-state index contributed by atoms with van der Waals surface area (Å²) in [5.74, 6) is -10.5. The average molecular weight is 682 g/mol. The zero-order valence-corrected chi connectivity index (χ0v) is 23.4. The predicted octanol–water partition coefficient (Wildman–Crippen LogP) is 9.51. The zero-order chi connectivity index (χ0) is 31.7. The molecule has 0 amide bonds. The SMILES string of the molecule is C[C@@H](CC(=O)c1ccc(/C(F)=C/[C@H](c2cc(Cl)c(Cl)c(Cl)c2)C(F)(F)F)cc1C(F)(F)F)CS(=O)(=O)CC(F)(F)F. The van der Waals surface area contributed by atoms with E-state index in [1.807, 2.05) is 0 Å². The van der Waals surface area contributed by atoms with Crippen molar-refractivity contribution in [2.45, 2.75) is 37.8 Å². The number of Topliss-reactive ketones (excluding diaryl/α,β-unsaturated/α-hetero) is 1. The summed E-state index contributed by atoms with van der Waals surface area (Å²) in [7, 11) is -4.75. The van der Waals surface area contributed by atoms with E-state index in [1.54, 1.807) is 0 Å². The lowest BCUT2D eigenvalue weighted by Crippen LogP contribution is -2.28. The van der Waals surface area contributed by atoms with Gasteiger partial charge in [0.25, 0.3) is 0 Å². The molecule has 0 N–H and O–H groups in total. The van der Waals surface area contributed by atoms with E-state index in [4.69, 9.17) is 34.8 Å². The second-order valence-corrected chi connectivity index (χ2v) is 12.3. The fourth-order valence-corrected chi connectivity index (χ4v) is 5.99. The predicted molar refractivity (Wildman–Crippen MR) is 134 cm³/mol. The molecule has 0 aromatic heterocycles. The number of carbonyl (C=O) groups is 1. The number of benzene rings is 2. The van der Waals surface area contributed by atoms with Crippen molar-refractivity contribution in [2.75, 3.05) is 11.5 Å². The van der Waals surface area contributed by atoms with E-state index >= 15 is 0 Å². The Hall–Kier alpha value is -2.03. The fourth-order valence-electron chi connectivity index (χ4n) is 3.77. The molecule has 0 aliphatic carbocycles. The lowest BCUT2D eigenvalue weighted by Gasteiger charge is -2.19. The molecule has 0 unspecified atom stereocenters. The first-order valence-electron chi connectivity index (χ1n) is 11.0. The number of rotatable bonds is 9. The van der Waals surface area contributed by atoms with Crippen LogP contribution in [0, 0.1) is 5.92 Å². The number of ketones is 1. The number of sulfone groups is 1. The van der Waals surface area contributed by atoms with E-state index in [-0.39, 0.29) is 17.2 Å². The molecule has 2 atom stereocenters. The van der Waals surface area contributed by atoms with Crippen molar-refractivity contribution in [1.82, 2.24) is 0 Å². The Bertz CT molecular complexity index is 1410. The number of allylic oxidation sites excluding steroid dienone is 1. The van der Waals surface area contributed by atoms with Gasteiger partial charge in [0.2, 0.25) is 0 Å². The van der Waals surface area contributed by atoms with Crippen LogP contribution in [0.1, 0.15) is 46.3 Å². The molecule has 0 spiro atoms. The Morgan fingerprint density at radius 2 is 1.46 bits per heavy atom. The number of hydrogen-bond acceptors (Lipinski definition) is 3. The van der Waals surface area contributed by atoms with Crippen molar-refractivity contribution in [3.8, 4) is 0 Å². The molecule has 2 aromatic rings. The van der Waals surface area contributed by atoms with E-state index in [0.29, 0.717) is 12.1 Å². The van der Waals surface area contributed by atoms with Gasteiger partial charge in [-0.05, 0) is 35.8 Å². The molecule has 0 aliphatic heterocycles. The summed E-state index contributed by atoms with van der Waals surface area (Å²) >= 11 is 17.2. The van der Waals surface area contributed by atoms with E-state index in [1.165, 1.54) is 0 Å². The second kappa shape index (κ2) is 12.7.